The summed E-state index contributed by atoms with van der Waals surface area (Å²) >= 11 is 7.57. The number of carbonyl (C=O) groups excluding carboxylic acids is 1. The van der Waals surface area contributed by atoms with Crippen LogP contribution in [0.4, 0.5) is 5.13 Å². The number of hydrogen-bond acceptors (Lipinski definition) is 5. The first-order valence-electron chi connectivity index (χ1n) is 5.58. The molecule has 0 radical (unpaired) electrons. The number of methoxy groups -OCH3 is 1. The monoisotopic (exact) mass is 284 g/mol. The Morgan fingerprint density at radius 2 is 2.33 bits per heavy atom. The lowest BCUT2D eigenvalue weighted by Crippen LogP contribution is -2.01. The topological polar surface area (TPSA) is 51.2 Å². The maximum atomic E-state index is 11.5. The number of aromatic nitrogens is 1. The maximum absolute atomic E-state index is 11.5. The molecule has 18 heavy (non-hydrogen) atoms. The molecule has 0 bridgehead atoms. The quantitative estimate of drug-likeness (QED) is 0.872. The van der Waals surface area contributed by atoms with E-state index >= 15 is 0 Å². The van der Waals surface area contributed by atoms with E-state index < -0.39 is 5.97 Å². The minimum Gasteiger partial charge on any atom is -0.465 e. The van der Waals surface area contributed by atoms with Crippen molar-refractivity contribution in [3.05, 3.63) is 22.7 Å². The molecule has 0 saturated carbocycles. The summed E-state index contributed by atoms with van der Waals surface area (Å²) in [5, 5.41) is 4.44. The fourth-order valence-electron chi connectivity index (χ4n) is 1.52. The van der Waals surface area contributed by atoms with Crippen LogP contribution in [0, 0.1) is 0 Å². The number of halogens is 1. The van der Waals surface area contributed by atoms with Crippen molar-refractivity contribution in [3.63, 3.8) is 0 Å². The number of fused-ring (bicyclic) bond motifs is 1. The lowest BCUT2D eigenvalue weighted by atomic mass is 10.2. The fourth-order valence-corrected chi connectivity index (χ4v) is 2.74. The van der Waals surface area contributed by atoms with Crippen LogP contribution in [0.3, 0.4) is 0 Å². The van der Waals surface area contributed by atoms with E-state index in [9.17, 15) is 4.79 Å². The Labute approximate surface area is 114 Å². The summed E-state index contributed by atoms with van der Waals surface area (Å²) < 4.78 is 5.62. The van der Waals surface area contributed by atoms with Crippen molar-refractivity contribution < 1.29 is 9.53 Å². The summed E-state index contributed by atoms with van der Waals surface area (Å²) in [6.07, 6.45) is 1.03. The van der Waals surface area contributed by atoms with Crippen molar-refractivity contribution in [2.75, 3.05) is 19.0 Å². The normalized spacial score (nSPS) is 10.6. The van der Waals surface area contributed by atoms with Gasteiger partial charge in [-0.05, 0) is 18.6 Å². The van der Waals surface area contributed by atoms with Gasteiger partial charge in [-0.3, -0.25) is 0 Å². The van der Waals surface area contributed by atoms with Gasteiger partial charge in [0.05, 0.1) is 27.9 Å². The van der Waals surface area contributed by atoms with Crippen LogP contribution in [-0.2, 0) is 4.74 Å². The number of carbonyl (C=O) groups is 1. The second-order valence-corrected chi connectivity index (χ2v) is 5.18. The molecular weight excluding hydrogens is 272 g/mol. The van der Waals surface area contributed by atoms with Gasteiger partial charge in [-0.1, -0.05) is 29.9 Å². The number of nitrogens with one attached hydrogen (secondary N) is 1. The average Bonchev–Trinajstić information content (AvgIpc) is 2.76. The highest BCUT2D eigenvalue weighted by Gasteiger charge is 2.14. The van der Waals surface area contributed by atoms with E-state index in [1.54, 1.807) is 12.1 Å². The molecule has 0 aliphatic carbocycles. The predicted molar refractivity (Wildman–Crippen MR) is 74.8 cm³/mol. The van der Waals surface area contributed by atoms with Gasteiger partial charge in [-0.2, -0.15) is 0 Å². The number of benzene rings is 1. The van der Waals surface area contributed by atoms with E-state index in [-0.39, 0.29) is 0 Å². The summed E-state index contributed by atoms with van der Waals surface area (Å²) in [7, 11) is 1.33. The standard InChI is InChI=1S/C12H13ClN2O2S/c1-3-4-14-12-15-9-5-7(11(16)17-2)8(13)6-10(9)18-12/h5-6H,3-4H2,1-2H3,(H,14,15). The third-order valence-electron chi connectivity index (χ3n) is 2.41. The number of rotatable bonds is 4. The van der Waals surface area contributed by atoms with Crippen LogP contribution in [0.25, 0.3) is 10.2 Å². The summed E-state index contributed by atoms with van der Waals surface area (Å²) in [4.78, 5) is 15.9. The Bertz CT molecular complexity index is 583. The van der Waals surface area contributed by atoms with Gasteiger partial charge < -0.3 is 10.1 Å². The smallest absolute Gasteiger partial charge is 0.339 e. The number of thiazole rings is 1. The molecule has 0 amide bonds. The van der Waals surface area contributed by atoms with Crippen LogP contribution >= 0.6 is 22.9 Å². The van der Waals surface area contributed by atoms with Crippen LogP contribution in [0.1, 0.15) is 23.7 Å². The Kier molecular flexibility index (Phi) is 4.04. The fraction of sp³-hybridized carbons (Fsp3) is 0.333. The predicted octanol–water partition coefficient (Wildman–Crippen LogP) is 3.56. The van der Waals surface area contributed by atoms with Crippen LogP contribution in [0.15, 0.2) is 12.1 Å². The summed E-state index contributed by atoms with van der Waals surface area (Å²) in [6.45, 7) is 2.96. The molecule has 0 unspecified atom stereocenters. The van der Waals surface area contributed by atoms with E-state index in [1.165, 1.54) is 18.4 Å². The van der Waals surface area contributed by atoms with Crippen molar-refractivity contribution in [2.45, 2.75) is 13.3 Å². The van der Waals surface area contributed by atoms with Crippen LogP contribution < -0.4 is 5.32 Å². The van der Waals surface area contributed by atoms with Crippen molar-refractivity contribution in [2.24, 2.45) is 0 Å². The first-order valence-corrected chi connectivity index (χ1v) is 6.77. The summed E-state index contributed by atoms with van der Waals surface area (Å²) in [5.74, 6) is -0.446. The molecule has 0 aliphatic rings. The van der Waals surface area contributed by atoms with E-state index in [1.807, 2.05) is 0 Å². The van der Waals surface area contributed by atoms with Crippen molar-refractivity contribution in [3.8, 4) is 0 Å². The third-order valence-corrected chi connectivity index (χ3v) is 3.70. The minimum atomic E-state index is -0.446. The van der Waals surface area contributed by atoms with Crippen LogP contribution in [0.5, 0.6) is 0 Å². The Morgan fingerprint density at radius 1 is 1.56 bits per heavy atom. The SMILES string of the molecule is CCCNc1nc2cc(C(=O)OC)c(Cl)cc2s1. The molecule has 0 atom stereocenters. The molecule has 4 nitrogen and oxygen atoms in total. The third kappa shape index (κ3) is 2.57. The molecule has 0 fully saturated rings. The van der Waals surface area contributed by atoms with E-state index in [0.717, 1.165) is 28.3 Å². The first kappa shape index (κ1) is 13.1. The van der Waals surface area contributed by atoms with Crippen LogP contribution in [0.2, 0.25) is 5.02 Å². The Morgan fingerprint density at radius 3 is 3.00 bits per heavy atom. The zero-order chi connectivity index (χ0) is 13.1. The van der Waals surface area contributed by atoms with Gasteiger partial charge >= 0.3 is 5.97 Å². The lowest BCUT2D eigenvalue weighted by molar-refractivity contribution is 0.0601. The maximum Gasteiger partial charge on any atom is 0.339 e. The van der Waals surface area contributed by atoms with Gasteiger partial charge in [0.25, 0.3) is 0 Å². The second-order valence-electron chi connectivity index (χ2n) is 3.74. The molecule has 0 spiro atoms. The number of esters is 1. The van der Waals surface area contributed by atoms with E-state index in [4.69, 9.17) is 11.6 Å². The van der Waals surface area contributed by atoms with Gasteiger partial charge in [0.2, 0.25) is 0 Å². The molecule has 0 aliphatic heterocycles. The molecule has 2 aromatic rings. The largest absolute Gasteiger partial charge is 0.465 e. The minimum absolute atomic E-state index is 0.346. The number of hydrogen-bond donors (Lipinski definition) is 1. The number of nitrogens with zero attached hydrogens (tertiary/aromatic N) is 1. The van der Waals surface area contributed by atoms with Gasteiger partial charge in [-0.15, -0.1) is 0 Å². The van der Waals surface area contributed by atoms with Gasteiger partial charge in [0, 0.05) is 6.54 Å². The summed E-state index contributed by atoms with van der Waals surface area (Å²) in [6, 6.07) is 3.41. The summed E-state index contributed by atoms with van der Waals surface area (Å²) in [5.41, 5.74) is 1.10. The number of anilines is 1. The Hall–Kier alpha value is -1.33. The van der Waals surface area contributed by atoms with Crippen molar-refractivity contribution in [1.29, 1.82) is 0 Å². The molecular formula is C12H13ClN2O2S. The molecule has 1 N–H and O–H groups in total. The zero-order valence-corrected chi connectivity index (χ0v) is 11.7. The van der Waals surface area contributed by atoms with Crippen molar-refractivity contribution >= 4 is 44.3 Å². The second kappa shape index (κ2) is 5.54. The van der Waals surface area contributed by atoms with Gasteiger partial charge in [0.15, 0.2) is 5.13 Å². The van der Waals surface area contributed by atoms with E-state index in [2.05, 4.69) is 22.0 Å². The number of ether oxygens (including phenoxy) is 1. The molecule has 1 aromatic carbocycles. The molecule has 6 heteroatoms. The van der Waals surface area contributed by atoms with Gasteiger partial charge in [0.1, 0.15) is 0 Å². The highest BCUT2D eigenvalue weighted by Crippen LogP contribution is 2.31. The molecule has 1 aromatic heterocycles. The van der Waals surface area contributed by atoms with Gasteiger partial charge in [-0.25, -0.2) is 9.78 Å². The lowest BCUT2D eigenvalue weighted by Gasteiger charge is -2.01. The Balaban J connectivity index is 2.41. The zero-order valence-electron chi connectivity index (χ0n) is 10.1. The van der Waals surface area contributed by atoms with E-state index in [0.29, 0.717) is 10.6 Å². The molecule has 0 saturated heterocycles. The van der Waals surface area contributed by atoms with Crippen molar-refractivity contribution in [1.82, 2.24) is 4.98 Å². The molecule has 96 valence electrons. The molecule has 2 rings (SSSR count). The highest BCUT2D eigenvalue weighted by atomic mass is 35.5. The average molecular weight is 285 g/mol. The first-order chi connectivity index (χ1) is 8.65. The molecule has 1 heterocycles. The van der Waals surface area contributed by atoms with Crippen LogP contribution in [-0.4, -0.2) is 24.6 Å². The highest BCUT2D eigenvalue weighted by molar-refractivity contribution is 7.22.